The molecule has 1 amide bonds. The lowest BCUT2D eigenvalue weighted by Gasteiger charge is -2.53. The number of carbonyl (C=O) groups is 1. The molecule has 2 aromatic carbocycles. The normalized spacial score (nSPS) is 26.4. The molecule has 3 aliphatic rings. The first-order chi connectivity index (χ1) is 15.6. The Bertz CT molecular complexity index is 956. The lowest BCUT2D eigenvalue weighted by atomic mass is 9.81. The second-order valence-corrected chi connectivity index (χ2v) is 8.84. The largest absolute Gasteiger partial charge is 0.340 e. The first-order valence-corrected chi connectivity index (χ1v) is 11.5. The monoisotopic (exact) mass is 439 g/mol. The minimum absolute atomic E-state index is 0.00288. The molecule has 7 heteroatoms. The Balaban J connectivity index is 1.76. The summed E-state index contributed by atoms with van der Waals surface area (Å²) in [5.74, 6) is -1.58. The number of halogens is 1. The Labute approximate surface area is 188 Å². The predicted octanol–water partition coefficient (Wildman–Crippen LogP) is 3.28. The molecule has 3 saturated heterocycles. The Hall–Kier alpha value is -2.48. The van der Waals surface area contributed by atoms with E-state index in [0.29, 0.717) is 38.0 Å². The average molecular weight is 440 g/mol. The molecule has 3 heterocycles. The highest BCUT2D eigenvalue weighted by Crippen LogP contribution is 2.54. The number of benzene rings is 2. The molecule has 32 heavy (non-hydrogen) atoms. The molecule has 6 nitrogen and oxygen atoms in total. The van der Waals surface area contributed by atoms with Crippen LogP contribution in [0.3, 0.4) is 0 Å². The van der Waals surface area contributed by atoms with Crippen molar-refractivity contribution in [2.24, 2.45) is 0 Å². The highest BCUT2D eigenvalue weighted by Gasteiger charge is 2.70. The lowest BCUT2D eigenvalue weighted by molar-refractivity contribution is -0.222. The number of amides is 1. The third kappa shape index (κ3) is 2.99. The van der Waals surface area contributed by atoms with Gasteiger partial charge in [0.05, 0.1) is 13.2 Å². The third-order valence-corrected chi connectivity index (χ3v) is 7.07. The highest BCUT2D eigenvalue weighted by atomic mass is 19.1. The molecule has 1 spiro atoms. The van der Waals surface area contributed by atoms with E-state index >= 15 is 0 Å². The van der Waals surface area contributed by atoms with Gasteiger partial charge in [-0.1, -0.05) is 43.7 Å². The van der Waals surface area contributed by atoms with Crippen molar-refractivity contribution in [2.75, 3.05) is 31.2 Å². The van der Waals surface area contributed by atoms with Gasteiger partial charge < -0.3 is 25.0 Å². The summed E-state index contributed by atoms with van der Waals surface area (Å²) in [6, 6.07) is 16.3. The number of piperidine rings is 1. The van der Waals surface area contributed by atoms with E-state index in [1.54, 1.807) is 12.1 Å². The minimum Gasteiger partial charge on any atom is -0.340 e. The van der Waals surface area contributed by atoms with Gasteiger partial charge in [-0.3, -0.25) is 4.79 Å². The van der Waals surface area contributed by atoms with Crippen molar-refractivity contribution >= 4 is 11.6 Å². The van der Waals surface area contributed by atoms with Crippen molar-refractivity contribution in [3.8, 4) is 0 Å². The second-order valence-electron chi connectivity index (χ2n) is 8.84. The molecule has 2 aromatic rings. The van der Waals surface area contributed by atoms with Gasteiger partial charge in [0.25, 0.3) is 0 Å². The average Bonchev–Trinajstić information content (AvgIpc) is 3.40. The van der Waals surface area contributed by atoms with Gasteiger partial charge in [-0.05, 0) is 56.6 Å². The van der Waals surface area contributed by atoms with E-state index in [1.807, 2.05) is 30.3 Å². The fourth-order valence-corrected chi connectivity index (χ4v) is 5.82. The predicted molar refractivity (Wildman–Crippen MR) is 120 cm³/mol. The number of hydrogen-bond acceptors (Lipinski definition) is 5. The molecule has 5 rings (SSSR count). The van der Waals surface area contributed by atoms with E-state index in [1.165, 1.54) is 12.1 Å². The van der Waals surface area contributed by atoms with E-state index in [2.05, 4.69) is 22.5 Å². The van der Waals surface area contributed by atoms with Gasteiger partial charge in [0.2, 0.25) is 11.7 Å². The zero-order valence-electron chi connectivity index (χ0n) is 18.4. The molecule has 1 atom stereocenters. The van der Waals surface area contributed by atoms with Crippen LogP contribution in [0.25, 0.3) is 0 Å². The fourth-order valence-electron chi connectivity index (χ4n) is 5.82. The van der Waals surface area contributed by atoms with Crippen LogP contribution in [0.15, 0.2) is 54.6 Å². The van der Waals surface area contributed by atoms with Gasteiger partial charge in [0.15, 0.2) is 5.66 Å². The first kappa shape index (κ1) is 21.4. The Morgan fingerprint density at radius 1 is 1.00 bits per heavy atom. The van der Waals surface area contributed by atoms with Crippen LogP contribution >= 0.6 is 0 Å². The van der Waals surface area contributed by atoms with Crippen LogP contribution in [-0.2, 0) is 20.1 Å². The molecule has 3 aliphatic heterocycles. The summed E-state index contributed by atoms with van der Waals surface area (Å²) in [4.78, 5) is 16.1. The zero-order valence-corrected chi connectivity index (χ0v) is 18.4. The topological polar surface area (TPSA) is 62.8 Å². The number of hydrogen-bond donors (Lipinski definition) is 2. The van der Waals surface area contributed by atoms with Crippen LogP contribution < -0.4 is 15.5 Å². The summed E-state index contributed by atoms with van der Waals surface area (Å²) in [6.07, 6.45) is 2.77. The van der Waals surface area contributed by atoms with Crippen LogP contribution in [-0.4, -0.2) is 43.4 Å². The molecule has 3 fully saturated rings. The molecule has 2 N–H and O–H groups in total. The molecular formula is C25H30FN3O3. The Morgan fingerprint density at radius 3 is 2.28 bits per heavy atom. The second kappa shape index (κ2) is 8.14. The SMILES string of the molecule is CCCC1(C2(c3ccc(F)cc3)OCCO2)NC(=O)C2(CCNCC2)N1c1ccccc1. The fraction of sp³-hybridized carbons (Fsp3) is 0.480. The molecule has 0 radical (unpaired) electrons. The number of rotatable bonds is 5. The molecule has 0 saturated carbocycles. The smallest absolute Gasteiger partial charge is 0.248 e. The van der Waals surface area contributed by atoms with Crippen molar-refractivity contribution in [3.63, 3.8) is 0 Å². The van der Waals surface area contributed by atoms with Crippen LogP contribution in [0.2, 0.25) is 0 Å². The standard InChI is InChI=1S/C25H30FN3O3/c1-2-12-24(25(31-17-18-32-25)19-8-10-20(26)11-9-19)28-22(30)23(13-15-27-16-14-23)29(24)21-6-4-3-5-7-21/h3-11,27H,2,12-18H2,1H3,(H,28,30). The Kier molecular flexibility index (Phi) is 5.43. The molecule has 170 valence electrons. The lowest BCUT2D eigenvalue weighted by Crippen LogP contribution is -2.69. The molecule has 0 bridgehead atoms. The maximum absolute atomic E-state index is 13.9. The van der Waals surface area contributed by atoms with Crippen molar-refractivity contribution in [1.29, 1.82) is 0 Å². The van der Waals surface area contributed by atoms with Crippen molar-refractivity contribution in [3.05, 3.63) is 66.0 Å². The summed E-state index contributed by atoms with van der Waals surface area (Å²) in [6.45, 7) is 4.40. The maximum atomic E-state index is 13.9. The van der Waals surface area contributed by atoms with Gasteiger partial charge in [-0.15, -0.1) is 0 Å². The summed E-state index contributed by atoms with van der Waals surface area (Å²) in [5, 5.41) is 6.78. The molecular weight excluding hydrogens is 409 g/mol. The van der Waals surface area contributed by atoms with Crippen molar-refractivity contribution in [1.82, 2.24) is 10.6 Å². The van der Waals surface area contributed by atoms with E-state index in [-0.39, 0.29) is 11.7 Å². The summed E-state index contributed by atoms with van der Waals surface area (Å²) in [5.41, 5.74) is -0.0467. The van der Waals surface area contributed by atoms with Crippen molar-refractivity contribution < 1.29 is 18.7 Å². The summed E-state index contributed by atoms with van der Waals surface area (Å²) >= 11 is 0. The van der Waals surface area contributed by atoms with Gasteiger partial charge in [0, 0.05) is 11.3 Å². The summed E-state index contributed by atoms with van der Waals surface area (Å²) in [7, 11) is 0. The van der Waals surface area contributed by atoms with Crippen LogP contribution in [0, 0.1) is 5.82 Å². The van der Waals surface area contributed by atoms with Gasteiger partial charge >= 0.3 is 0 Å². The third-order valence-electron chi connectivity index (χ3n) is 7.07. The van der Waals surface area contributed by atoms with E-state index in [4.69, 9.17) is 9.47 Å². The molecule has 0 aromatic heterocycles. The van der Waals surface area contributed by atoms with E-state index < -0.39 is 17.0 Å². The zero-order chi connectivity index (χ0) is 22.2. The maximum Gasteiger partial charge on any atom is 0.248 e. The summed E-state index contributed by atoms with van der Waals surface area (Å²) < 4.78 is 26.7. The van der Waals surface area contributed by atoms with Gasteiger partial charge in [0.1, 0.15) is 11.4 Å². The van der Waals surface area contributed by atoms with Crippen LogP contribution in [0.4, 0.5) is 10.1 Å². The number of carbonyl (C=O) groups excluding carboxylic acids is 1. The molecule has 0 aliphatic carbocycles. The minimum atomic E-state index is -1.25. The van der Waals surface area contributed by atoms with Gasteiger partial charge in [-0.2, -0.15) is 0 Å². The number of nitrogens with zero attached hydrogens (tertiary/aromatic N) is 1. The van der Waals surface area contributed by atoms with Crippen LogP contribution in [0.1, 0.15) is 38.2 Å². The van der Waals surface area contributed by atoms with Crippen molar-refractivity contribution in [2.45, 2.75) is 49.6 Å². The number of ether oxygens (including phenoxy) is 2. The van der Waals surface area contributed by atoms with Gasteiger partial charge in [-0.25, -0.2) is 4.39 Å². The number of nitrogens with one attached hydrogen (secondary N) is 2. The molecule has 1 unspecified atom stereocenters. The number of para-hydroxylation sites is 1. The first-order valence-electron chi connectivity index (χ1n) is 11.5. The Morgan fingerprint density at radius 2 is 1.66 bits per heavy atom. The quantitative estimate of drug-likeness (QED) is 0.749. The number of anilines is 1. The van der Waals surface area contributed by atoms with E-state index in [9.17, 15) is 9.18 Å². The van der Waals surface area contributed by atoms with Crippen LogP contribution in [0.5, 0.6) is 0 Å². The highest BCUT2D eigenvalue weighted by molar-refractivity contribution is 5.96. The van der Waals surface area contributed by atoms with E-state index in [0.717, 1.165) is 25.2 Å².